The molecule has 0 unspecified atom stereocenters. The third-order valence-electron chi connectivity index (χ3n) is 3.65. The number of nitrogens with one attached hydrogen (secondary N) is 1. The standard InChI is InChI=1S/C19H16ClN3O/c1-2-13-9-11-21-17(12-13)23-19(24)15-7-5-14(6-8-15)18-16(20)4-3-10-22-18/h3-12H,2H2,1H3,(H,21,23,24). The molecule has 0 aliphatic carbocycles. The van der Waals surface area contributed by atoms with E-state index in [0.717, 1.165) is 17.5 Å². The van der Waals surface area contributed by atoms with Gasteiger partial charge >= 0.3 is 0 Å². The van der Waals surface area contributed by atoms with Crippen molar-refractivity contribution in [3.63, 3.8) is 0 Å². The van der Waals surface area contributed by atoms with Gasteiger partial charge in [-0.3, -0.25) is 9.78 Å². The van der Waals surface area contributed by atoms with Crippen molar-refractivity contribution >= 4 is 23.3 Å². The van der Waals surface area contributed by atoms with Gasteiger partial charge in [0, 0.05) is 23.5 Å². The summed E-state index contributed by atoms with van der Waals surface area (Å²) in [6.45, 7) is 2.06. The first-order valence-corrected chi connectivity index (χ1v) is 8.02. The number of aromatic nitrogens is 2. The van der Waals surface area contributed by atoms with E-state index in [1.807, 2.05) is 24.3 Å². The van der Waals surface area contributed by atoms with Crippen molar-refractivity contribution in [2.75, 3.05) is 5.32 Å². The van der Waals surface area contributed by atoms with Gasteiger partial charge in [-0.1, -0.05) is 30.7 Å². The predicted octanol–water partition coefficient (Wildman–Crippen LogP) is 4.61. The molecule has 0 saturated heterocycles. The maximum atomic E-state index is 12.3. The molecule has 1 N–H and O–H groups in total. The summed E-state index contributed by atoms with van der Waals surface area (Å²) >= 11 is 6.15. The molecule has 0 saturated carbocycles. The number of carbonyl (C=O) groups is 1. The van der Waals surface area contributed by atoms with E-state index < -0.39 is 0 Å². The number of amides is 1. The molecule has 0 fully saturated rings. The average Bonchev–Trinajstić information content (AvgIpc) is 2.62. The summed E-state index contributed by atoms with van der Waals surface area (Å²) in [5.41, 5.74) is 3.24. The first kappa shape index (κ1) is 16.1. The minimum Gasteiger partial charge on any atom is -0.307 e. The fourth-order valence-corrected chi connectivity index (χ4v) is 2.56. The Kier molecular flexibility index (Phi) is 4.87. The van der Waals surface area contributed by atoms with E-state index in [4.69, 9.17) is 11.6 Å². The van der Waals surface area contributed by atoms with Crippen LogP contribution in [0.1, 0.15) is 22.8 Å². The van der Waals surface area contributed by atoms with Gasteiger partial charge in [-0.15, -0.1) is 0 Å². The lowest BCUT2D eigenvalue weighted by molar-refractivity contribution is 0.102. The fraction of sp³-hybridized carbons (Fsp3) is 0.105. The van der Waals surface area contributed by atoms with Crippen molar-refractivity contribution in [1.82, 2.24) is 9.97 Å². The highest BCUT2D eigenvalue weighted by Crippen LogP contribution is 2.25. The van der Waals surface area contributed by atoms with Gasteiger partial charge in [0.05, 0.1) is 10.7 Å². The van der Waals surface area contributed by atoms with E-state index in [1.54, 1.807) is 36.7 Å². The highest BCUT2D eigenvalue weighted by molar-refractivity contribution is 6.33. The molecule has 2 heterocycles. The molecule has 120 valence electrons. The second-order valence-corrected chi connectivity index (χ2v) is 5.68. The third kappa shape index (κ3) is 3.60. The van der Waals surface area contributed by atoms with Gasteiger partial charge in [-0.25, -0.2) is 4.98 Å². The van der Waals surface area contributed by atoms with Crippen molar-refractivity contribution < 1.29 is 4.79 Å². The molecule has 0 aliphatic heterocycles. The molecule has 1 aromatic carbocycles. The quantitative estimate of drug-likeness (QED) is 0.756. The Morgan fingerprint density at radius 3 is 2.58 bits per heavy atom. The first-order valence-electron chi connectivity index (χ1n) is 7.64. The monoisotopic (exact) mass is 337 g/mol. The number of pyridine rings is 2. The lowest BCUT2D eigenvalue weighted by Crippen LogP contribution is -2.13. The summed E-state index contributed by atoms with van der Waals surface area (Å²) in [5.74, 6) is 0.352. The SMILES string of the molecule is CCc1ccnc(NC(=O)c2ccc(-c3ncccc3Cl)cc2)c1. The zero-order valence-electron chi connectivity index (χ0n) is 13.2. The second kappa shape index (κ2) is 7.23. The zero-order chi connectivity index (χ0) is 16.9. The summed E-state index contributed by atoms with van der Waals surface area (Å²) in [6.07, 6.45) is 4.28. The van der Waals surface area contributed by atoms with Gasteiger partial charge in [0.2, 0.25) is 0 Å². The number of anilines is 1. The Labute approximate surface area is 145 Å². The Morgan fingerprint density at radius 2 is 1.88 bits per heavy atom. The van der Waals surface area contributed by atoms with Gasteiger partial charge in [0.1, 0.15) is 5.82 Å². The number of hydrogen-bond acceptors (Lipinski definition) is 3. The largest absolute Gasteiger partial charge is 0.307 e. The Bertz CT molecular complexity index is 862. The van der Waals surface area contributed by atoms with Gasteiger partial charge in [-0.05, 0) is 48.4 Å². The summed E-state index contributed by atoms with van der Waals surface area (Å²) in [6, 6.07) is 14.5. The predicted molar refractivity (Wildman–Crippen MR) is 96.3 cm³/mol. The summed E-state index contributed by atoms with van der Waals surface area (Å²) in [7, 11) is 0. The number of hydrogen-bond donors (Lipinski definition) is 1. The van der Waals surface area contributed by atoms with Crippen LogP contribution in [0.3, 0.4) is 0 Å². The smallest absolute Gasteiger partial charge is 0.256 e. The highest BCUT2D eigenvalue weighted by Gasteiger charge is 2.09. The average molecular weight is 338 g/mol. The number of aryl methyl sites for hydroxylation is 1. The number of nitrogens with zero attached hydrogens (tertiary/aromatic N) is 2. The van der Waals surface area contributed by atoms with Crippen LogP contribution in [0.5, 0.6) is 0 Å². The van der Waals surface area contributed by atoms with Crippen LogP contribution in [0.25, 0.3) is 11.3 Å². The molecule has 0 aliphatic rings. The van der Waals surface area contributed by atoms with E-state index in [-0.39, 0.29) is 5.91 Å². The van der Waals surface area contributed by atoms with Crippen molar-refractivity contribution in [2.45, 2.75) is 13.3 Å². The Morgan fingerprint density at radius 1 is 1.08 bits per heavy atom. The van der Waals surface area contributed by atoms with Crippen LogP contribution >= 0.6 is 11.6 Å². The second-order valence-electron chi connectivity index (χ2n) is 5.27. The van der Waals surface area contributed by atoms with E-state index in [9.17, 15) is 4.79 Å². The van der Waals surface area contributed by atoms with Crippen LogP contribution in [-0.2, 0) is 6.42 Å². The molecular formula is C19H16ClN3O. The summed E-state index contributed by atoms with van der Waals surface area (Å²) in [5, 5.41) is 3.39. The zero-order valence-corrected chi connectivity index (χ0v) is 13.9. The van der Waals surface area contributed by atoms with Crippen molar-refractivity contribution in [2.24, 2.45) is 0 Å². The van der Waals surface area contributed by atoms with Gasteiger partial charge in [0.15, 0.2) is 0 Å². The number of benzene rings is 1. The fourth-order valence-electron chi connectivity index (χ4n) is 2.33. The topological polar surface area (TPSA) is 54.9 Å². The molecule has 1 amide bonds. The number of halogens is 1. The van der Waals surface area contributed by atoms with E-state index in [2.05, 4.69) is 22.2 Å². The van der Waals surface area contributed by atoms with Crippen molar-refractivity contribution in [3.8, 4) is 11.3 Å². The molecule has 3 aromatic rings. The molecule has 0 atom stereocenters. The molecule has 0 spiro atoms. The Balaban J connectivity index is 1.78. The third-order valence-corrected chi connectivity index (χ3v) is 3.96. The molecule has 2 aromatic heterocycles. The summed E-state index contributed by atoms with van der Waals surface area (Å²) < 4.78 is 0. The lowest BCUT2D eigenvalue weighted by Gasteiger charge is -2.07. The maximum Gasteiger partial charge on any atom is 0.256 e. The minimum atomic E-state index is -0.200. The normalized spacial score (nSPS) is 10.4. The molecular weight excluding hydrogens is 322 g/mol. The molecule has 0 radical (unpaired) electrons. The van der Waals surface area contributed by atoms with Crippen LogP contribution in [0.2, 0.25) is 5.02 Å². The van der Waals surface area contributed by atoms with Gasteiger partial charge in [-0.2, -0.15) is 0 Å². The van der Waals surface area contributed by atoms with E-state index >= 15 is 0 Å². The maximum absolute atomic E-state index is 12.3. The van der Waals surface area contributed by atoms with E-state index in [1.165, 1.54) is 0 Å². The molecule has 3 rings (SSSR count). The Hall–Kier alpha value is -2.72. The molecule has 4 nitrogen and oxygen atoms in total. The van der Waals surface area contributed by atoms with E-state index in [0.29, 0.717) is 22.1 Å². The van der Waals surface area contributed by atoms with Gasteiger partial charge in [0.25, 0.3) is 5.91 Å². The summed E-state index contributed by atoms with van der Waals surface area (Å²) in [4.78, 5) is 20.8. The van der Waals surface area contributed by atoms with Crippen molar-refractivity contribution in [1.29, 1.82) is 0 Å². The van der Waals surface area contributed by atoms with Crippen LogP contribution < -0.4 is 5.32 Å². The molecule has 5 heteroatoms. The minimum absolute atomic E-state index is 0.200. The van der Waals surface area contributed by atoms with Crippen LogP contribution in [0.4, 0.5) is 5.82 Å². The van der Waals surface area contributed by atoms with Crippen LogP contribution in [0, 0.1) is 0 Å². The van der Waals surface area contributed by atoms with Crippen LogP contribution in [-0.4, -0.2) is 15.9 Å². The van der Waals surface area contributed by atoms with Crippen LogP contribution in [0.15, 0.2) is 60.9 Å². The van der Waals surface area contributed by atoms with Crippen molar-refractivity contribution in [3.05, 3.63) is 77.1 Å². The molecule has 24 heavy (non-hydrogen) atoms. The first-order chi connectivity index (χ1) is 11.7. The number of carbonyl (C=O) groups excluding carboxylic acids is 1. The molecule has 0 bridgehead atoms. The highest BCUT2D eigenvalue weighted by atomic mass is 35.5. The van der Waals surface area contributed by atoms with Gasteiger partial charge < -0.3 is 5.32 Å². The number of rotatable bonds is 4. The lowest BCUT2D eigenvalue weighted by atomic mass is 10.1.